The number of carbonyl (C=O) groups excluding carboxylic acids is 2. The molecule has 5 nitrogen and oxygen atoms in total. The summed E-state index contributed by atoms with van der Waals surface area (Å²) < 4.78 is 17.4. The van der Waals surface area contributed by atoms with E-state index in [0.29, 0.717) is 25.9 Å². The molecule has 0 fully saturated rings. The molecule has 0 aromatic rings. The van der Waals surface area contributed by atoms with Crippen LogP contribution in [0.1, 0.15) is 252 Å². The summed E-state index contributed by atoms with van der Waals surface area (Å²) in [6.07, 6.45) is 79.8. The van der Waals surface area contributed by atoms with Crippen LogP contribution in [0.15, 0.2) is 109 Å². The Labute approximate surface area is 421 Å². The average molecular weight is 944 g/mol. The van der Waals surface area contributed by atoms with Crippen molar-refractivity contribution in [2.45, 2.75) is 258 Å². The van der Waals surface area contributed by atoms with Crippen LogP contribution in [0.4, 0.5) is 0 Å². The maximum absolute atomic E-state index is 12.8. The molecule has 0 aliphatic heterocycles. The van der Waals surface area contributed by atoms with E-state index in [1.54, 1.807) is 0 Å². The van der Waals surface area contributed by atoms with Crippen LogP contribution >= 0.6 is 0 Å². The topological polar surface area (TPSA) is 61.8 Å². The van der Waals surface area contributed by atoms with Gasteiger partial charge in [0.05, 0.1) is 6.61 Å². The van der Waals surface area contributed by atoms with Crippen molar-refractivity contribution in [2.75, 3.05) is 19.8 Å². The zero-order valence-corrected chi connectivity index (χ0v) is 44.6. The minimum absolute atomic E-state index is 0.0449. The average Bonchev–Trinajstić information content (AvgIpc) is 3.34. The summed E-state index contributed by atoms with van der Waals surface area (Å²) in [5, 5.41) is 0. The van der Waals surface area contributed by atoms with E-state index in [1.807, 2.05) is 6.08 Å². The van der Waals surface area contributed by atoms with E-state index in [1.165, 1.54) is 135 Å². The number of hydrogen-bond donors (Lipinski definition) is 0. The lowest BCUT2D eigenvalue weighted by atomic mass is 10.1. The maximum Gasteiger partial charge on any atom is 0.306 e. The van der Waals surface area contributed by atoms with Gasteiger partial charge in [0.2, 0.25) is 0 Å². The molecule has 0 aliphatic rings. The third-order valence-corrected chi connectivity index (χ3v) is 11.8. The molecule has 0 radical (unpaired) electrons. The predicted molar refractivity (Wildman–Crippen MR) is 297 cm³/mol. The van der Waals surface area contributed by atoms with E-state index in [-0.39, 0.29) is 25.2 Å². The van der Waals surface area contributed by atoms with Crippen molar-refractivity contribution < 1.29 is 23.8 Å². The second-order valence-electron chi connectivity index (χ2n) is 18.4. The van der Waals surface area contributed by atoms with Crippen molar-refractivity contribution in [3.05, 3.63) is 109 Å². The van der Waals surface area contributed by atoms with Gasteiger partial charge in [0.15, 0.2) is 6.10 Å². The summed E-state index contributed by atoms with van der Waals surface area (Å²) in [6, 6.07) is 0. The zero-order chi connectivity index (χ0) is 49.2. The highest BCUT2D eigenvalue weighted by atomic mass is 16.6. The summed E-state index contributed by atoms with van der Waals surface area (Å²) >= 11 is 0. The van der Waals surface area contributed by atoms with Gasteiger partial charge >= 0.3 is 11.9 Å². The minimum atomic E-state index is -0.588. The van der Waals surface area contributed by atoms with E-state index in [2.05, 4.69) is 124 Å². The molecule has 0 aromatic heterocycles. The molecule has 68 heavy (non-hydrogen) atoms. The lowest BCUT2D eigenvalue weighted by Gasteiger charge is -2.18. The normalized spacial score (nSPS) is 13.0. The van der Waals surface area contributed by atoms with Gasteiger partial charge in [0.25, 0.3) is 0 Å². The molecule has 0 saturated carbocycles. The fraction of sp³-hybridized carbons (Fsp3) is 0.683. The zero-order valence-electron chi connectivity index (χ0n) is 44.6. The van der Waals surface area contributed by atoms with Crippen LogP contribution in [-0.2, 0) is 23.8 Å². The van der Waals surface area contributed by atoms with Gasteiger partial charge in [-0.15, -0.1) is 0 Å². The molecule has 0 aliphatic carbocycles. The number of carbonyl (C=O) groups is 2. The summed E-state index contributed by atoms with van der Waals surface area (Å²) in [5.41, 5.74) is 0. The highest BCUT2D eigenvalue weighted by Crippen LogP contribution is 2.14. The van der Waals surface area contributed by atoms with E-state index in [0.717, 1.165) is 77.0 Å². The molecule has 5 heteroatoms. The SMILES string of the molecule is CC/C=C\C/C=C\C/C=C\C/C=C\CCC(=O)OC(COCCCCCCCCC/C=C\C/C=C\C/C=C\CCCCC)COC(=O)CCCCCCCCCCC/C=C\C/C=C\CCCCC. The molecule has 1 unspecified atom stereocenters. The Morgan fingerprint density at radius 1 is 0.338 bits per heavy atom. The first-order chi connectivity index (χ1) is 33.6. The molecule has 1 atom stereocenters. The van der Waals surface area contributed by atoms with Crippen LogP contribution in [0.2, 0.25) is 0 Å². The first-order valence-electron chi connectivity index (χ1n) is 28.4. The summed E-state index contributed by atoms with van der Waals surface area (Å²) in [6.45, 7) is 7.56. The van der Waals surface area contributed by atoms with Gasteiger partial charge in [-0.25, -0.2) is 0 Å². The fourth-order valence-electron chi connectivity index (χ4n) is 7.56. The summed E-state index contributed by atoms with van der Waals surface area (Å²) in [5.74, 6) is -0.503. The highest BCUT2D eigenvalue weighted by molar-refractivity contribution is 5.70. The van der Waals surface area contributed by atoms with Crippen molar-refractivity contribution in [1.82, 2.24) is 0 Å². The van der Waals surface area contributed by atoms with E-state index in [4.69, 9.17) is 14.2 Å². The van der Waals surface area contributed by atoms with Crippen molar-refractivity contribution in [1.29, 1.82) is 0 Å². The van der Waals surface area contributed by atoms with Gasteiger partial charge < -0.3 is 14.2 Å². The van der Waals surface area contributed by atoms with E-state index < -0.39 is 6.10 Å². The van der Waals surface area contributed by atoms with Gasteiger partial charge in [-0.2, -0.15) is 0 Å². The Hall–Kier alpha value is -3.44. The molecule has 0 spiro atoms. The first-order valence-corrected chi connectivity index (χ1v) is 28.4. The smallest absolute Gasteiger partial charge is 0.306 e. The van der Waals surface area contributed by atoms with Gasteiger partial charge in [-0.05, 0) is 116 Å². The highest BCUT2D eigenvalue weighted by Gasteiger charge is 2.17. The largest absolute Gasteiger partial charge is 0.462 e. The molecule has 0 aromatic carbocycles. The van der Waals surface area contributed by atoms with Crippen LogP contribution < -0.4 is 0 Å². The summed E-state index contributed by atoms with van der Waals surface area (Å²) in [7, 11) is 0. The molecule has 0 saturated heterocycles. The third kappa shape index (κ3) is 55.2. The van der Waals surface area contributed by atoms with Crippen molar-refractivity contribution in [3.63, 3.8) is 0 Å². The van der Waals surface area contributed by atoms with Gasteiger partial charge in [-0.1, -0.05) is 233 Å². The fourth-order valence-corrected chi connectivity index (χ4v) is 7.56. The monoisotopic (exact) mass is 943 g/mol. The molecular weight excluding hydrogens is 837 g/mol. The molecule has 0 amide bonds. The quantitative estimate of drug-likeness (QED) is 0.0345. The number of ether oxygens (including phenoxy) is 3. The second kappa shape index (κ2) is 57.9. The van der Waals surface area contributed by atoms with Gasteiger partial charge in [0, 0.05) is 19.4 Å². The van der Waals surface area contributed by atoms with Gasteiger partial charge in [0.1, 0.15) is 6.61 Å². The predicted octanol–water partition coefficient (Wildman–Crippen LogP) is 19.6. The second-order valence-corrected chi connectivity index (χ2v) is 18.4. The number of allylic oxidation sites excluding steroid dienone is 18. The van der Waals surface area contributed by atoms with Crippen molar-refractivity contribution in [3.8, 4) is 0 Å². The van der Waals surface area contributed by atoms with Crippen LogP contribution in [-0.4, -0.2) is 37.9 Å². The third-order valence-electron chi connectivity index (χ3n) is 11.8. The van der Waals surface area contributed by atoms with Crippen LogP contribution in [0.3, 0.4) is 0 Å². The standard InChI is InChI=1S/C63H106O5/c1-4-7-10-13-16-19-22-25-27-29-31-33-35-37-40-43-46-49-52-55-58-66-59-61(68-63(65)57-54-51-48-45-42-38-24-21-18-15-12-9-6-3)60-67-62(64)56-53-50-47-44-41-39-36-34-32-30-28-26-23-20-17-14-11-8-5-2/h9,12,16-21,25-28,31,33,38,42,48,51,61H,4-8,10-11,13-15,22-24,29-30,32,34-37,39-41,43-47,49-50,52-60H2,1-3H3/b12-9-,19-16-,20-17-,21-18-,27-25-,28-26-,33-31-,42-38-,51-48-. The molecule has 388 valence electrons. The van der Waals surface area contributed by atoms with Gasteiger partial charge in [-0.3, -0.25) is 9.59 Å². The van der Waals surface area contributed by atoms with E-state index in [9.17, 15) is 9.59 Å². The Kier molecular flexibility index (Phi) is 54.9. The summed E-state index contributed by atoms with van der Waals surface area (Å²) in [4.78, 5) is 25.4. The number of rotatable bonds is 51. The van der Waals surface area contributed by atoms with Crippen molar-refractivity contribution >= 4 is 11.9 Å². The Bertz CT molecular complexity index is 1340. The number of hydrogen-bond acceptors (Lipinski definition) is 5. The number of unbranched alkanes of at least 4 members (excludes halogenated alkanes) is 22. The molecule has 0 N–H and O–H groups in total. The Morgan fingerprint density at radius 2 is 0.691 bits per heavy atom. The Morgan fingerprint density at radius 3 is 1.12 bits per heavy atom. The molecule has 0 rings (SSSR count). The molecule has 0 heterocycles. The maximum atomic E-state index is 12.8. The molecule has 0 bridgehead atoms. The van der Waals surface area contributed by atoms with E-state index >= 15 is 0 Å². The Balaban J connectivity index is 4.34. The molecular formula is C63H106O5. The van der Waals surface area contributed by atoms with Crippen LogP contribution in [0, 0.1) is 0 Å². The van der Waals surface area contributed by atoms with Crippen LogP contribution in [0.25, 0.3) is 0 Å². The lowest BCUT2D eigenvalue weighted by Crippen LogP contribution is -2.30. The lowest BCUT2D eigenvalue weighted by molar-refractivity contribution is -0.162. The number of esters is 2. The minimum Gasteiger partial charge on any atom is -0.462 e. The van der Waals surface area contributed by atoms with Crippen molar-refractivity contribution in [2.24, 2.45) is 0 Å². The van der Waals surface area contributed by atoms with Crippen LogP contribution in [0.5, 0.6) is 0 Å². The first kappa shape index (κ1) is 64.6.